The van der Waals surface area contributed by atoms with Gasteiger partial charge in [-0.3, -0.25) is 0 Å². The summed E-state index contributed by atoms with van der Waals surface area (Å²) < 4.78 is 1.03. The lowest BCUT2D eigenvalue weighted by molar-refractivity contribution is 0.684. The molecule has 2 aromatic rings. The lowest BCUT2D eigenvalue weighted by Crippen LogP contribution is -2.00. The number of aromatic nitrogens is 2. The molecule has 108 valence electrons. The molecular formula is C15H21N3S2. The average molecular weight is 307 g/mol. The van der Waals surface area contributed by atoms with Crippen molar-refractivity contribution in [1.29, 1.82) is 0 Å². The molecular weight excluding hydrogens is 286 g/mol. The number of anilines is 1. The Hall–Kier alpha value is -1.07. The van der Waals surface area contributed by atoms with E-state index in [0.717, 1.165) is 21.8 Å². The number of hydrogen-bond donors (Lipinski definition) is 1. The number of thioether (sulfide) groups is 1. The fourth-order valence-corrected chi connectivity index (χ4v) is 3.54. The minimum atomic E-state index is 0.942. The molecule has 0 aliphatic carbocycles. The summed E-state index contributed by atoms with van der Waals surface area (Å²) in [5.74, 6) is 0.950. The fourth-order valence-electron chi connectivity index (χ4n) is 1.81. The van der Waals surface area contributed by atoms with E-state index in [1.807, 2.05) is 6.07 Å². The van der Waals surface area contributed by atoms with Crippen molar-refractivity contribution in [2.24, 2.45) is 0 Å². The van der Waals surface area contributed by atoms with E-state index in [4.69, 9.17) is 0 Å². The topological polar surface area (TPSA) is 37.8 Å². The van der Waals surface area contributed by atoms with Gasteiger partial charge in [0.25, 0.3) is 0 Å². The normalized spacial score (nSPS) is 10.7. The summed E-state index contributed by atoms with van der Waals surface area (Å²) in [6.07, 6.45) is 5.09. The van der Waals surface area contributed by atoms with E-state index in [1.54, 1.807) is 23.1 Å². The molecule has 0 unspecified atom stereocenters. The van der Waals surface area contributed by atoms with Crippen molar-refractivity contribution < 1.29 is 0 Å². The molecule has 0 aliphatic rings. The molecule has 1 N–H and O–H groups in total. The predicted molar refractivity (Wildman–Crippen MR) is 88.5 cm³/mol. The van der Waals surface area contributed by atoms with Crippen LogP contribution in [0.3, 0.4) is 0 Å². The first kappa shape index (κ1) is 15.3. The second-order valence-electron chi connectivity index (χ2n) is 4.63. The number of hydrogen-bond acceptors (Lipinski definition) is 5. The van der Waals surface area contributed by atoms with E-state index in [2.05, 4.69) is 46.7 Å². The lowest BCUT2D eigenvalue weighted by Gasteiger charge is -2.00. The summed E-state index contributed by atoms with van der Waals surface area (Å²) in [6.45, 7) is 3.23. The smallest absolute Gasteiger partial charge is 0.206 e. The first-order valence-corrected chi connectivity index (χ1v) is 8.93. The van der Waals surface area contributed by atoms with Gasteiger partial charge in [0.05, 0.1) is 0 Å². The monoisotopic (exact) mass is 307 g/mol. The minimum Gasteiger partial charge on any atom is -0.360 e. The first-order chi connectivity index (χ1) is 9.88. The van der Waals surface area contributed by atoms with E-state index in [0.29, 0.717) is 0 Å². The highest BCUT2D eigenvalue weighted by Crippen LogP contribution is 2.28. The van der Waals surface area contributed by atoms with Crippen LogP contribution in [0.25, 0.3) is 0 Å². The summed E-state index contributed by atoms with van der Waals surface area (Å²) in [4.78, 5) is 0. The Labute approximate surface area is 129 Å². The van der Waals surface area contributed by atoms with Crippen LogP contribution in [0.5, 0.6) is 0 Å². The largest absolute Gasteiger partial charge is 0.360 e. The number of rotatable bonds is 9. The van der Waals surface area contributed by atoms with Crippen molar-refractivity contribution in [3.05, 3.63) is 35.9 Å². The van der Waals surface area contributed by atoms with E-state index in [1.165, 1.54) is 31.2 Å². The van der Waals surface area contributed by atoms with Gasteiger partial charge in [-0.1, -0.05) is 79.6 Å². The molecule has 0 fully saturated rings. The molecule has 0 saturated carbocycles. The predicted octanol–water partition coefficient (Wildman–Crippen LogP) is 4.82. The highest BCUT2D eigenvalue weighted by molar-refractivity contribution is 8.00. The van der Waals surface area contributed by atoms with Crippen LogP contribution >= 0.6 is 23.1 Å². The second-order valence-corrected chi connectivity index (χ2v) is 6.83. The van der Waals surface area contributed by atoms with Crippen LogP contribution in [0.4, 0.5) is 5.13 Å². The first-order valence-electron chi connectivity index (χ1n) is 7.12. The third-order valence-corrected chi connectivity index (χ3v) is 5.00. The number of nitrogens with one attached hydrogen (secondary N) is 1. The molecule has 0 saturated heterocycles. The minimum absolute atomic E-state index is 0.942. The van der Waals surface area contributed by atoms with Gasteiger partial charge in [0.2, 0.25) is 5.13 Å². The Morgan fingerprint density at radius 2 is 1.95 bits per heavy atom. The quantitative estimate of drug-likeness (QED) is 0.532. The summed E-state index contributed by atoms with van der Waals surface area (Å²) in [6, 6.07) is 10.5. The Bertz CT molecular complexity index is 485. The van der Waals surface area contributed by atoms with Crippen molar-refractivity contribution in [2.45, 2.75) is 42.7 Å². The van der Waals surface area contributed by atoms with Crippen LogP contribution < -0.4 is 5.32 Å². The van der Waals surface area contributed by atoms with Gasteiger partial charge in [0, 0.05) is 12.3 Å². The van der Waals surface area contributed by atoms with E-state index in [-0.39, 0.29) is 0 Å². The highest BCUT2D eigenvalue weighted by atomic mass is 32.2. The fraction of sp³-hybridized carbons (Fsp3) is 0.467. The maximum atomic E-state index is 4.22. The summed E-state index contributed by atoms with van der Waals surface area (Å²) in [5, 5.41) is 12.7. The Balaban J connectivity index is 1.69. The Morgan fingerprint density at radius 3 is 2.75 bits per heavy atom. The number of nitrogens with zero attached hydrogens (tertiary/aromatic N) is 2. The second kappa shape index (κ2) is 8.97. The third-order valence-electron chi connectivity index (χ3n) is 2.92. The van der Waals surface area contributed by atoms with Gasteiger partial charge in [0.15, 0.2) is 4.34 Å². The number of unbranched alkanes of at least 4 members (excludes halogenated alkanes) is 3. The van der Waals surface area contributed by atoms with Crippen molar-refractivity contribution in [1.82, 2.24) is 10.2 Å². The SMILES string of the molecule is CCCCCCNc1nnc(SCc2ccccc2)s1. The van der Waals surface area contributed by atoms with Crippen LogP contribution in [0.2, 0.25) is 0 Å². The van der Waals surface area contributed by atoms with Crippen LogP contribution in [-0.4, -0.2) is 16.7 Å². The molecule has 0 aliphatic heterocycles. The molecule has 1 heterocycles. The molecule has 0 bridgehead atoms. The molecule has 0 atom stereocenters. The van der Waals surface area contributed by atoms with E-state index < -0.39 is 0 Å². The Morgan fingerprint density at radius 1 is 1.10 bits per heavy atom. The highest BCUT2D eigenvalue weighted by Gasteiger charge is 2.04. The van der Waals surface area contributed by atoms with Crippen molar-refractivity contribution in [3.63, 3.8) is 0 Å². The molecule has 2 rings (SSSR count). The molecule has 0 spiro atoms. The third kappa shape index (κ3) is 5.51. The summed E-state index contributed by atoms with van der Waals surface area (Å²) in [7, 11) is 0. The molecule has 0 radical (unpaired) electrons. The van der Waals surface area contributed by atoms with Crippen LogP contribution in [-0.2, 0) is 5.75 Å². The van der Waals surface area contributed by atoms with Gasteiger partial charge in [-0.25, -0.2) is 0 Å². The molecule has 1 aromatic carbocycles. The number of benzene rings is 1. The summed E-state index contributed by atoms with van der Waals surface area (Å²) >= 11 is 3.39. The van der Waals surface area contributed by atoms with Gasteiger partial charge in [-0.15, -0.1) is 10.2 Å². The van der Waals surface area contributed by atoms with Crippen LogP contribution in [0.1, 0.15) is 38.2 Å². The van der Waals surface area contributed by atoms with E-state index >= 15 is 0 Å². The van der Waals surface area contributed by atoms with Crippen molar-refractivity contribution in [3.8, 4) is 0 Å². The van der Waals surface area contributed by atoms with Crippen molar-refractivity contribution in [2.75, 3.05) is 11.9 Å². The maximum Gasteiger partial charge on any atom is 0.206 e. The van der Waals surface area contributed by atoms with Gasteiger partial charge < -0.3 is 5.32 Å². The zero-order valence-corrected chi connectivity index (χ0v) is 13.5. The molecule has 1 aromatic heterocycles. The molecule has 0 amide bonds. The summed E-state index contributed by atoms with van der Waals surface area (Å²) in [5.41, 5.74) is 1.32. The lowest BCUT2D eigenvalue weighted by atomic mass is 10.2. The van der Waals surface area contributed by atoms with Gasteiger partial charge in [-0.05, 0) is 12.0 Å². The van der Waals surface area contributed by atoms with Crippen molar-refractivity contribution >= 4 is 28.2 Å². The van der Waals surface area contributed by atoms with Crippen LogP contribution in [0.15, 0.2) is 34.7 Å². The van der Waals surface area contributed by atoms with Gasteiger partial charge in [0.1, 0.15) is 0 Å². The maximum absolute atomic E-state index is 4.22. The molecule has 3 nitrogen and oxygen atoms in total. The average Bonchev–Trinajstić information content (AvgIpc) is 2.94. The molecule has 20 heavy (non-hydrogen) atoms. The standard InChI is InChI=1S/C15H21N3S2/c1-2-3-4-8-11-16-14-17-18-15(20-14)19-12-13-9-6-5-7-10-13/h5-7,9-10H,2-4,8,11-12H2,1H3,(H,16,17). The molecule has 5 heteroatoms. The van der Waals surface area contributed by atoms with Crippen LogP contribution in [0, 0.1) is 0 Å². The Kier molecular flexibility index (Phi) is 6.88. The van der Waals surface area contributed by atoms with E-state index in [9.17, 15) is 0 Å². The zero-order valence-electron chi connectivity index (χ0n) is 11.8. The van der Waals surface area contributed by atoms with Gasteiger partial charge >= 0.3 is 0 Å². The van der Waals surface area contributed by atoms with Gasteiger partial charge in [-0.2, -0.15) is 0 Å². The zero-order chi connectivity index (χ0) is 14.0.